The average molecular weight is 276 g/mol. The lowest BCUT2D eigenvalue weighted by molar-refractivity contribution is -0.145. The van der Waals surface area contributed by atoms with E-state index < -0.39 is 0 Å². The first-order chi connectivity index (χ1) is 9.74. The number of ether oxygens (including phenoxy) is 4. The predicted octanol–water partition coefficient (Wildman–Crippen LogP) is 2.19. The highest BCUT2D eigenvalue weighted by Crippen LogP contribution is 2.33. The molecule has 0 saturated heterocycles. The van der Waals surface area contributed by atoms with E-state index in [9.17, 15) is 4.79 Å². The second kappa shape index (κ2) is 5.45. The molecule has 0 bridgehead atoms. The van der Waals surface area contributed by atoms with Gasteiger partial charge in [-0.25, -0.2) is 4.79 Å². The van der Waals surface area contributed by atoms with Crippen molar-refractivity contribution >= 4 is 5.97 Å². The molecule has 0 unspecified atom stereocenters. The van der Waals surface area contributed by atoms with Gasteiger partial charge < -0.3 is 18.9 Å². The lowest BCUT2D eigenvalue weighted by atomic mass is 10.0. The van der Waals surface area contributed by atoms with Crippen molar-refractivity contribution in [2.45, 2.75) is 25.4 Å². The van der Waals surface area contributed by atoms with Crippen molar-refractivity contribution in [3.05, 3.63) is 35.6 Å². The fourth-order valence-corrected chi connectivity index (χ4v) is 2.38. The summed E-state index contributed by atoms with van der Waals surface area (Å²) in [5, 5.41) is 0. The molecule has 2 aliphatic heterocycles. The molecule has 1 aromatic rings. The molecule has 3 rings (SSSR count). The molecule has 106 valence electrons. The van der Waals surface area contributed by atoms with Crippen LogP contribution in [0.25, 0.3) is 0 Å². The molecular formula is C15H16O5. The van der Waals surface area contributed by atoms with Gasteiger partial charge in [0.15, 0.2) is 11.5 Å². The van der Waals surface area contributed by atoms with Crippen LogP contribution in [0.2, 0.25) is 0 Å². The lowest BCUT2D eigenvalue weighted by Gasteiger charge is -2.22. The van der Waals surface area contributed by atoms with Gasteiger partial charge in [-0.1, -0.05) is 6.07 Å². The number of aryl methyl sites for hydroxylation is 1. The second-order valence-corrected chi connectivity index (χ2v) is 4.80. The van der Waals surface area contributed by atoms with E-state index in [1.807, 2.05) is 18.2 Å². The largest absolute Gasteiger partial charge is 0.501 e. The summed E-state index contributed by atoms with van der Waals surface area (Å²) in [4.78, 5) is 11.4. The number of rotatable bonds is 4. The summed E-state index contributed by atoms with van der Waals surface area (Å²) in [7, 11) is 1.57. The van der Waals surface area contributed by atoms with Gasteiger partial charge in [0.25, 0.3) is 0 Å². The highest BCUT2D eigenvalue weighted by atomic mass is 16.7. The molecule has 0 aliphatic carbocycles. The molecule has 0 amide bonds. The van der Waals surface area contributed by atoms with E-state index in [1.165, 1.54) is 6.08 Å². The summed E-state index contributed by atoms with van der Waals surface area (Å²) in [5.41, 5.74) is 1.14. The number of esters is 1. The highest BCUT2D eigenvalue weighted by Gasteiger charge is 2.22. The number of methoxy groups -OCH3 is 1. The van der Waals surface area contributed by atoms with Crippen LogP contribution in [0.4, 0.5) is 0 Å². The fraction of sp³-hybridized carbons (Fsp3) is 0.400. The molecule has 0 N–H and O–H groups in total. The normalized spacial score (nSPS) is 20.4. The first kappa shape index (κ1) is 12.8. The number of carbonyl (C=O) groups is 1. The van der Waals surface area contributed by atoms with Crippen LogP contribution >= 0.6 is 0 Å². The van der Waals surface area contributed by atoms with Crippen LogP contribution in [0.5, 0.6) is 11.5 Å². The Morgan fingerprint density at radius 2 is 2.15 bits per heavy atom. The van der Waals surface area contributed by atoms with Crippen LogP contribution in [0.15, 0.2) is 30.0 Å². The zero-order chi connectivity index (χ0) is 13.9. The standard InChI is InChI=1S/C15H16O5/c1-17-12-7-11(20-15(16)8-12)4-2-10-3-5-13-14(6-10)19-9-18-13/h3,5-6,8,11H,2,4,7,9H2,1H3/t11-/m1/s1. The molecule has 1 atom stereocenters. The van der Waals surface area contributed by atoms with Gasteiger partial charge >= 0.3 is 5.97 Å². The SMILES string of the molecule is COC1=CC(=O)O[C@H](CCc2ccc3c(c2)OCO3)C1. The Labute approximate surface area is 117 Å². The van der Waals surface area contributed by atoms with Crippen molar-refractivity contribution in [3.63, 3.8) is 0 Å². The van der Waals surface area contributed by atoms with E-state index in [2.05, 4.69) is 0 Å². The zero-order valence-corrected chi connectivity index (χ0v) is 11.3. The summed E-state index contributed by atoms with van der Waals surface area (Å²) in [5.74, 6) is 1.91. The first-order valence-corrected chi connectivity index (χ1v) is 6.58. The minimum atomic E-state index is -0.330. The quantitative estimate of drug-likeness (QED) is 0.789. The molecule has 0 fully saturated rings. The van der Waals surface area contributed by atoms with Crippen LogP contribution in [0.3, 0.4) is 0 Å². The fourth-order valence-electron chi connectivity index (χ4n) is 2.38. The molecule has 1 aromatic carbocycles. The lowest BCUT2D eigenvalue weighted by Crippen LogP contribution is -2.23. The third-order valence-corrected chi connectivity index (χ3v) is 3.44. The monoisotopic (exact) mass is 276 g/mol. The van der Waals surface area contributed by atoms with Crippen molar-refractivity contribution in [1.82, 2.24) is 0 Å². The minimum Gasteiger partial charge on any atom is -0.501 e. The molecule has 5 heteroatoms. The summed E-state index contributed by atoms with van der Waals surface area (Å²) in [6, 6.07) is 5.89. The zero-order valence-electron chi connectivity index (χ0n) is 11.3. The Balaban J connectivity index is 1.60. The first-order valence-electron chi connectivity index (χ1n) is 6.58. The van der Waals surface area contributed by atoms with Crippen LogP contribution in [-0.4, -0.2) is 26.0 Å². The maximum Gasteiger partial charge on any atom is 0.334 e. The van der Waals surface area contributed by atoms with E-state index in [0.29, 0.717) is 12.2 Å². The van der Waals surface area contributed by atoms with Crippen molar-refractivity contribution in [2.75, 3.05) is 13.9 Å². The number of fused-ring (bicyclic) bond motifs is 1. The maximum atomic E-state index is 11.4. The Bertz CT molecular complexity index is 549. The van der Waals surface area contributed by atoms with Crippen molar-refractivity contribution in [2.24, 2.45) is 0 Å². The Morgan fingerprint density at radius 3 is 3.00 bits per heavy atom. The van der Waals surface area contributed by atoms with Gasteiger partial charge in [-0.05, 0) is 30.5 Å². The molecular weight excluding hydrogens is 260 g/mol. The number of hydrogen-bond donors (Lipinski definition) is 0. The third kappa shape index (κ3) is 2.71. The minimum absolute atomic E-state index is 0.132. The maximum absolute atomic E-state index is 11.4. The summed E-state index contributed by atoms with van der Waals surface area (Å²) in [6.45, 7) is 0.279. The van der Waals surface area contributed by atoms with E-state index in [4.69, 9.17) is 18.9 Å². The van der Waals surface area contributed by atoms with Crippen molar-refractivity contribution in [1.29, 1.82) is 0 Å². The Hall–Kier alpha value is -2.17. The van der Waals surface area contributed by atoms with E-state index in [-0.39, 0.29) is 18.9 Å². The van der Waals surface area contributed by atoms with Gasteiger partial charge in [-0.15, -0.1) is 0 Å². The second-order valence-electron chi connectivity index (χ2n) is 4.80. The smallest absolute Gasteiger partial charge is 0.334 e. The molecule has 20 heavy (non-hydrogen) atoms. The molecule has 0 radical (unpaired) electrons. The number of cyclic esters (lactones) is 1. The van der Waals surface area contributed by atoms with Gasteiger partial charge in [0.2, 0.25) is 6.79 Å². The third-order valence-electron chi connectivity index (χ3n) is 3.44. The summed E-state index contributed by atoms with van der Waals surface area (Å²) in [6.07, 6.45) is 3.47. The van der Waals surface area contributed by atoms with Crippen LogP contribution in [0.1, 0.15) is 18.4 Å². The number of carbonyl (C=O) groups excluding carboxylic acids is 1. The highest BCUT2D eigenvalue weighted by molar-refractivity contribution is 5.83. The van der Waals surface area contributed by atoms with Gasteiger partial charge in [-0.3, -0.25) is 0 Å². The molecule has 0 spiro atoms. The van der Waals surface area contributed by atoms with Crippen molar-refractivity contribution < 1.29 is 23.7 Å². The van der Waals surface area contributed by atoms with Crippen LogP contribution in [-0.2, 0) is 20.7 Å². The van der Waals surface area contributed by atoms with Gasteiger partial charge in [0, 0.05) is 6.42 Å². The number of hydrogen-bond acceptors (Lipinski definition) is 5. The summed E-state index contributed by atoms with van der Waals surface area (Å²) < 4.78 is 21.0. The Morgan fingerprint density at radius 1 is 1.30 bits per heavy atom. The number of benzene rings is 1. The van der Waals surface area contributed by atoms with E-state index >= 15 is 0 Å². The van der Waals surface area contributed by atoms with E-state index in [1.54, 1.807) is 7.11 Å². The van der Waals surface area contributed by atoms with Crippen LogP contribution in [0, 0.1) is 0 Å². The van der Waals surface area contributed by atoms with Crippen LogP contribution < -0.4 is 9.47 Å². The summed E-state index contributed by atoms with van der Waals surface area (Å²) >= 11 is 0. The van der Waals surface area contributed by atoms with Crippen molar-refractivity contribution in [3.8, 4) is 11.5 Å². The molecule has 0 aromatic heterocycles. The molecule has 0 saturated carbocycles. The Kier molecular flexibility index (Phi) is 3.50. The topological polar surface area (TPSA) is 54.0 Å². The van der Waals surface area contributed by atoms with Gasteiger partial charge in [-0.2, -0.15) is 0 Å². The van der Waals surface area contributed by atoms with Gasteiger partial charge in [0.05, 0.1) is 13.2 Å². The van der Waals surface area contributed by atoms with E-state index in [0.717, 1.165) is 29.9 Å². The average Bonchev–Trinajstić information content (AvgIpc) is 2.92. The molecule has 5 nitrogen and oxygen atoms in total. The van der Waals surface area contributed by atoms with Gasteiger partial charge in [0.1, 0.15) is 11.9 Å². The molecule has 2 heterocycles. The predicted molar refractivity (Wildman–Crippen MR) is 70.5 cm³/mol. The molecule has 2 aliphatic rings.